The van der Waals surface area contributed by atoms with Crippen LogP contribution in [0.4, 0.5) is 0 Å². The molecule has 0 aromatic heterocycles. The van der Waals surface area contributed by atoms with Gasteiger partial charge in [-0.05, 0) is 37.0 Å². The molecule has 212 valence electrons. The summed E-state index contributed by atoms with van der Waals surface area (Å²) in [4.78, 5) is 80.8. The summed E-state index contributed by atoms with van der Waals surface area (Å²) in [5.41, 5.74) is 11.6. The van der Waals surface area contributed by atoms with E-state index in [4.69, 9.17) is 11.5 Å². The van der Waals surface area contributed by atoms with Crippen molar-refractivity contribution in [2.24, 2.45) is 16.5 Å². The number of guanidine groups is 1. The highest BCUT2D eigenvalue weighted by Crippen LogP contribution is 2.12. The first-order valence-electron chi connectivity index (χ1n) is 12.6. The van der Waals surface area contributed by atoms with Crippen molar-refractivity contribution in [2.75, 3.05) is 20.1 Å². The number of fused-ring (bicyclic) bond motifs is 2. The molecule has 8 N–H and O–H groups in total. The zero-order valence-electron chi connectivity index (χ0n) is 22.1. The third-order valence-electron chi connectivity index (χ3n) is 6.12. The second-order valence-corrected chi connectivity index (χ2v) is 9.01. The third kappa shape index (κ3) is 9.39. The molecule has 1 aromatic rings. The van der Waals surface area contributed by atoms with Crippen LogP contribution in [0.5, 0.6) is 0 Å². The van der Waals surface area contributed by atoms with Gasteiger partial charge in [-0.2, -0.15) is 0 Å². The van der Waals surface area contributed by atoms with E-state index < -0.39 is 54.2 Å². The molecule has 1 aliphatic rings. The lowest BCUT2D eigenvalue weighted by atomic mass is 10.1. The zero-order chi connectivity index (χ0) is 28.9. The second-order valence-electron chi connectivity index (χ2n) is 9.01. The Balaban J connectivity index is 2.39. The maximum Gasteiger partial charge on any atom is 0.251 e. The average molecular weight is 545 g/mol. The fourth-order valence-electron chi connectivity index (χ4n) is 3.97. The predicted molar refractivity (Wildman–Crippen MR) is 142 cm³/mol. The van der Waals surface area contributed by atoms with E-state index in [-0.39, 0.29) is 43.9 Å². The number of rotatable bonds is 7. The minimum absolute atomic E-state index is 0.0301. The molecule has 39 heavy (non-hydrogen) atoms. The van der Waals surface area contributed by atoms with Gasteiger partial charge in [0.2, 0.25) is 23.6 Å². The highest BCUT2D eigenvalue weighted by Gasteiger charge is 2.32. The first-order chi connectivity index (χ1) is 18.6. The van der Waals surface area contributed by atoms with Crippen LogP contribution in [0.3, 0.4) is 0 Å². The van der Waals surface area contributed by atoms with Crippen molar-refractivity contribution in [2.45, 2.75) is 57.3 Å². The normalized spacial score (nSPS) is 21.4. The topological polar surface area (TPSA) is 218 Å². The Hall–Kier alpha value is -4.49. The van der Waals surface area contributed by atoms with Crippen LogP contribution < -0.4 is 32.7 Å². The van der Waals surface area contributed by atoms with Gasteiger partial charge in [0.15, 0.2) is 5.96 Å². The van der Waals surface area contributed by atoms with Gasteiger partial charge >= 0.3 is 0 Å². The zero-order valence-corrected chi connectivity index (χ0v) is 22.1. The summed E-state index contributed by atoms with van der Waals surface area (Å²) in [6.07, 6.45) is 0.981. The van der Waals surface area contributed by atoms with E-state index in [2.05, 4.69) is 26.3 Å². The Morgan fingerprint density at radius 3 is 2.44 bits per heavy atom. The highest BCUT2D eigenvalue weighted by molar-refractivity contribution is 5.99. The molecule has 14 heteroatoms. The number of nitrogens with one attached hydrogen (secondary N) is 4. The van der Waals surface area contributed by atoms with Gasteiger partial charge in [0.25, 0.3) is 5.91 Å². The molecule has 1 aliphatic heterocycles. The lowest BCUT2D eigenvalue weighted by molar-refractivity contribution is -0.141. The molecular formula is C25H36N8O6. The van der Waals surface area contributed by atoms with Gasteiger partial charge in [-0.15, -0.1) is 0 Å². The summed E-state index contributed by atoms with van der Waals surface area (Å²) in [6.45, 7) is 1.47. The van der Waals surface area contributed by atoms with Crippen molar-refractivity contribution in [3.8, 4) is 0 Å². The number of amides is 5. The van der Waals surface area contributed by atoms with Crippen LogP contribution >= 0.6 is 0 Å². The van der Waals surface area contributed by atoms with Crippen molar-refractivity contribution in [1.82, 2.24) is 26.2 Å². The fraction of sp³-hybridized carbons (Fsp3) is 0.480. The molecule has 2 bridgehead atoms. The Morgan fingerprint density at radius 2 is 1.77 bits per heavy atom. The molecule has 0 saturated carbocycles. The number of aldehydes is 1. The van der Waals surface area contributed by atoms with Crippen molar-refractivity contribution >= 4 is 41.8 Å². The number of nitrogens with zero attached hydrogens (tertiary/aromatic N) is 2. The first kappa shape index (κ1) is 30.7. The molecule has 5 amide bonds. The summed E-state index contributed by atoms with van der Waals surface area (Å²) >= 11 is 0. The SMILES string of the molecule is CC[C@H]1NC(=O)c2cccc(c2)CNC(=O)C(CC=O)NC(=O)CNC(=O)C(CCCN=C(N)N)N(C)C1=O. The molecule has 1 aromatic carbocycles. The minimum Gasteiger partial charge on any atom is -0.370 e. The van der Waals surface area contributed by atoms with Crippen LogP contribution in [0.2, 0.25) is 0 Å². The summed E-state index contributed by atoms with van der Waals surface area (Å²) < 4.78 is 0. The maximum absolute atomic E-state index is 13.4. The fourth-order valence-corrected chi connectivity index (χ4v) is 3.97. The number of nitrogens with two attached hydrogens (primary N) is 2. The molecule has 0 fully saturated rings. The van der Waals surface area contributed by atoms with Crippen LogP contribution in [-0.4, -0.2) is 84.9 Å². The van der Waals surface area contributed by atoms with Gasteiger partial charge in [-0.3, -0.25) is 29.0 Å². The molecule has 3 atom stereocenters. The van der Waals surface area contributed by atoms with E-state index in [1.165, 1.54) is 11.9 Å². The van der Waals surface area contributed by atoms with E-state index in [0.29, 0.717) is 18.3 Å². The van der Waals surface area contributed by atoms with E-state index in [0.717, 1.165) is 0 Å². The van der Waals surface area contributed by atoms with Gasteiger partial charge in [0.05, 0.1) is 6.54 Å². The van der Waals surface area contributed by atoms with E-state index >= 15 is 0 Å². The van der Waals surface area contributed by atoms with Gasteiger partial charge < -0.3 is 42.4 Å². The van der Waals surface area contributed by atoms with Crippen LogP contribution in [0.15, 0.2) is 29.3 Å². The van der Waals surface area contributed by atoms with Crippen molar-refractivity contribution in [1.29, 1.82) is 0 Å². The first-order valence-corrected chi connectivity index (χ1v) is 12.6. The number of aliphatic imine (C=N–C) groups is 1. The summed E-state index contributed by atoms with van der Waals surface area (Å²) in [6, 6.07) is 3.35. The molecule has 0 radical (unpaired) electrons. The number of likely N-dealkylation sites (N-methyl/N-ethyl adjacent to an activating group) is 1. The number of benzene rings is 1. The smallest absolute Gasteiger partial charge is 0.251 e. The molecular weight excluding hydrogens is 508 g/mol. The number of carbonyl (C=O) groups is 6. The standard InChI is InChI=1S/C25H36N8O6/c1-3-17-24(39)33(2)19(8-5-10-28-25(26)27)23(38)30-14-20(35)31-18(9-11-34)22(37)29-13-15-6-4-7-16(12-15)21(36)32-17/h4,6-7,11-12,17-19H,3,5,8-10,13-14H2,1-2H3,(H,29,37)(H,30,38)(H,31,35)(H,32,36)(H4,26,27,28)/t17-,18?,19?/m1/s1. The molecule has 1 heterocycles. The van der Waals surface area contributed by atoms with Gasteiger partial charge in [-0.25, -0.2) is 0 Å². The van der Waals surface area contributed by atoms with Crippen molar-refractivity contribution < 1.29 is 28.8 Å². The Morgan fingerprint density at radius 1 is 1.05 bits per heavy atom. The average Bonchev–Trinajstić information content (AvgIpc) is 2.91. The van der Waals surface area contributed by atoms with Gasteiger partial charge in [0.1, 0.15) is 24.4 Å². The monoisotopic (exact) mass is 544 g/mol. The lowest BCUT2D eigenvalue weighted by Gasteiger charge is -2.30. The molecule has 0 spiro atoms. The second kappa shape index (κ2) is 15.1. The Bertz CT molecular complexity index is 1100. The molecule has 14 nitrogen and oxygen atoms in total. The summed E-state index contributed by atoms with van der Waals surface area (Å²) in [5, 5.41) is 10.2. The Labute approximate surface area is 226 Å². The highest BCUT2D eigenvalue weighted by atomic mass is 16.2. The van der Waals surface area contributed by atoms with E-state index in [1.807, 2.05) is 0 Å². The van der Waals surface area contributed by atoms with Crippen molar-refractivity contribution in [3.63, 3.8) is 0 Å². The van der Waals surface area contributed by atoms with Crippen molar-refractivity contribution in [3.05, 3.63) is 35.4 Å². The quantitative estimate of drug-likeness (QED) is 0.0964. The van der Waals surface area contributed by atoms with Gasteiger partial charge in [0, 0.05) is 32.1 Å². The molecule has 2 rings (SSSR count). The molecule has 2 unspecified atom stereocenters. The third-order valence-corrected chi connectivity index (χ3v) is 6.12. The van der Waals surface area contributed by atoms with Gasteiger partial charge in [-0.1, -0.05) is 19.1 Å². The van der Waals surface area contributed by atoms with Crippen LogP contribution in [-0.2, 0) is 30.5 Å². The largest absolute Gasteiger partial charge is 0.370 e. The molecule has 0 aliphatic carbocycles. The van der Waals surface area contributed by atoms with E-state index in [1.54, 1.807) is 31.2 Å². The number of hydrogen-bond acceptors (Lipinski definition) is 7. The number of carbonyl (C=O) groups excluding carboxylic acids is 6. The van der Waals surface area contributed by atoms with Crippen LogP contribution in [0, 0.1) is 0 Å². The predicted octanol–water partition coefficient (Wildman–Crippen LogP) is -2.10. The Kier molecular flexibility index (Phi) is 11.9. The number of hydrogen-bond donors (Lipinski definition) is 6. The summed E-state index contributed by atoms with van der Waals surface area (Å²) in [7, 11) is 1.44. The molecule has 0 saturated heterocycles. The van der Waals surface area contributed by atoms with Crippen LogP contribution in [0.25, 0.3) is 0 Å². The minimum atomic E-state index is -1.16. The van der Waals surface area contributed by atoms with Crippen LogP contribution in [0.1, 0.15) is 48.5 Å². The lowest BCUT2D eigenvalue weighted by Crippen LogP contribution is -2.55. The maximum atomic E-state index is 13.4. The van der Waals surface area contributed by atoms with E-state index in [9.17, 15) is 28.8 Å². The summed E-state index contributed by atoms with van der Waals surface area (Å²) in [5.74, 6) is -3.04.